The average molecular weight is 272 g/mol. The molecule has 2 rings (SSSR count). The van der Waals surface area contributed by atoms with Crippen LogP contribution in [0.2, 0.25) is 0 Å². The maximum absolute atomic E-state index is 9.16. The Morgan fingerprint density at radius 3 is 1.95 bits per heavy atom. The van der Waals surface area contributed by atoms with Crippen LogP contribution in [-0.4, -0.2) is 23.4 Å². The van der Waals surface area contributed by atoms with Crippen LogP contribution in [0.25, 0.3) is 0 Å². The third-order valence-electron chi connectivity index (χ3n) is 2.54. The Bertz CT molecular complexity index is 550. The summed E-state index contributed by atoms with van der Waals surface area (Å²) in [5.74, 6) is 0.940. The Morgan fingerprint density at radius 1 is 0.850 bits per heavy atom. The highest BCUT2D eigenvalue weighted by molar-refractivity contribution is 5.43. The van der Waals surface area contributed by atoms with Gasteiger partial charge >= 0.3 is 0 Å². The molecule has 0 aliphatic heterocycles. The smallest absolute Gasteiger partial charge is 0.119 e. The first-order valence-electron chi connectivity index (χ1n) is 6.32. The molecule has 0 heterocycles. The molecule has 0 aliphatic carbocycles. The molecule has 0 aromatic heterocycles. The van der Waals surface area contributed by atoms with Crippen LogP contribution < -0.4 is 4.74 Å². The monoisotopic (exact) mass is 272 g/mol. The summed E-state index contributed by atoms with van der Waals surface area (Å²) < 4.78 is 5.42. The number of phenols is 1. The lowest BCUT2D eigenvalue weighted by atomic mass is 10.3. The van der Waals surface area contributed by atoms with Crippen LogP contribution in [-0.2, 0) is 0 Å². The lowest BCUT2D eigenvalue weighted by Gasteiger charge is -2.04. The second-order valence-corrected chi connectivity index (χ2v) is 4.14. The van der Waals surface area contributed by atoms with Gasteiger partial charge in [0.25, 0.3) is 0 Å². The molecular weight excluding hydrogens is 256 g/mol. The summed E-state index contributed by atoms with van der Waals surface area (Å²) in [6.45, 7) is 0.615. The van der Waals surface area contributed by atoms with Gasteiger partial charge in [0, 0.05) is 13.0 Å². The maximum Gasteiger partial charge on any atom is 0.119 e. The second kappa shape index (κ2) is 7.25. The molecule has 0 atom stereocenters. The molecular formula is C15H16N2O3. The Kier molecular flexibility index (Phi) is 5.08. The molecule has 0 radical (unpaired) electrons. The van der Waals surface area contributed by atoms with Crippen molar-refractivity contribution in [1.82, 2.24) is 0 Å². The van der Waals surface area contributed by atoms with Crippen LogP contribution in [0.15, 0.2) is 58.8 Å². The van der Waals surface area contributed by atoms with E-state index < -0.39 is 0 Å². The van der Waals surface area contributed by atoms with Gasteiger partial charge in [-0.1, -0.05) is 0 Å². The molecule has 5 nitrogen and oxygen atoms in total. The van der Waals surface area contributed by atoms with Crippen LogP contribution in [0.5, 0.6) is 11.5 Å². The number of azo groups is 1. The topological polar surface area (TPSA) is 74.4 Å². The van der Waals surface area contributed by atoms with Crippen molar-refractivity contribution in [2.24, 2.45) is 10.2 Å². The average Bonchev–Trinajstić information content (AvgIpc) is 2.48. The minimum atomic E-state index is 0.124. The number of benzene rings is 2. The lowest BCUT2D eigenvalue weighted by molar-refractivity contribution is 0.233. The highest BCUT2D eigenvalue weighted by Crippen LogP contribution is 2.22. The molecule has 2 aromatic carbocycles. The highest BCUT2D eigenvalue weighted by Gasteiger charge is 1.95. The molecule has 0 bridgehead atoms. The predicted octanol–water partition coefficient (Wildman–Crippen LogP) is 3.57. The van der Waals surface area contributed by atoms with Gasteiger partial charge in [-0.2, -0.15) is 10.2 Å². The molecule has 20 heavy (non-hydrogen) atoms. The fourth-order valence-corrected chi connectivity index (χ4v) is 1.50. The fourth-order valence-electron chi connectivity index (χ4n) is 1.50. The van der Waals surface area contributed by atoms with Crippen molar-refractivity contribution in [3.8, 4) is 11.5 Å². The molecule has 0 saturated carbocycles. The van der Waals surface area contributed by atoms with E-state index in [9.17, 15) is 0 Å². The first kappa shape index (κ1) is 14.0. The summed E-state index contributed by atoms with van der Waals surface area (Å²) in [5, 5.41) is 26.0. The highest BCUT2D eigenvalue weighted by atomic mass is 16.5. The van der Waals surface area contributed by atoms with Gasteiger partial charge in [0.15, 0.2) is 0 Å². The summed E-state index contributed by atoms with van der Waals surface area (Å²) in [6, 6.07) is 13.7. The number of nitrogens with zero attached hydrogens (tertiary/aromatic N) is 2. The van der Waals surface area contributed by atoms with E-state index in [0.717, 1.165) is 5.75 Å². The number of aliphatic hydroxyl groups is 1. The van der Waals surface area contributed by atoms with E-state index in [1.54, 1.807) is 36.4 Å². The number of ether oxygens (including phenoxy) is 1. The van der Waals surface area contributed by atoms with Crippen LogP contribution in [0.1, 0.15) is 6.42 Å². The molecule has 2 N–H and O–H groups in total. The van der Waals surface area contributed by atoms with E-state index in [4.69, 9.17) is 14.9 Å². The van der Waals surface area contributed by atoms with Crippen LogP contribution >= 0.6 is 0 Å². The van der Waals surface area contributed by atoms with E-state index in [2.05, 4.69) is 10.2 Å². The van der Waals surface area contributed by atoms with Crippen molar-refractivity contribution in [3.05, 3.63) is 48.5 Å². The summed E-state index contributed by atoms with van der Waals surface area (Å²) in [7, 11) is 0. The zero-order chi connectivity index (χ0) is 14.2. The lowest BCUT2D eigenvalue weighted by Crippen LogP contribution is -1.99. The zero-order valence-corrected chi connectivity index (χ0v) is 10.9. The third kappa shape index (κ3) is 4.37. The van der Waals surface area contributed by atoms with Gasteiger partial charge in [0.2, 0.25) is 0 Å². The Morgan fingerprint density at radius 2 is 1.40 bits per heavy atom. The largest absolute Gasteiger partial charge is 0.508 e. The van der Waals surface area contributed by atoms with Crippen LogP contribution in [0, 0.1) is 0 Å². The summed E-state index contributed by atoms with van der Waals surface area (Å²) in [6.07, 6.45) is 0.613. The molecule has 0 unspecified atom stereocenters. The van der Waals surface area contributed by atoms with Gasteiger partial charge in [-0.05, 0) is 48.5 Å². The fraction of sp³-hybridized carbons (Fsp3) is 0.200. The SMILES string of the molecule is OCCCOc1ccc(/N=N/c2ccc(O)cc2)cc1. The number of hydrogen-bond acceptors (Lipinski definition) is 5. The predicted molar refractivity (Wildman–Crippen MR) is 75.9 cm³/mol. The van der Waals surface area contributed by atoms with Gasteiger partial charge in [-0.15, -0.1) is 0 Å². The molecule has 0 aliphatic rings. The summed E-state index contributed by atoms with van der Waals surface area (Å²) in [4.78, 5) is 0. The molecule has 0 spiro atoms. The van der Waals surface area contributed by atoms with E-state index in [1.807, 2.05) is 12.1 Å². The quantitative estimate of drug-likeness (QED) is 0.623. The normalized spacial score (nSPS) is 10.8. The van der Waals surface area contributed by atoms with Crippen molar-refractivity contribution in [2.45, 2.75) is 6.42 Å². The van der Waals surface area contributed by atoms with Crippen molar-refractivity contribution >= 4 is 11.4 Å². The number of aliphatic hydroxyl groups excluding tert-OH is 1. The van der Waals surface area contributed by atoms with Crippen molar-refractivity contribution in [2.75, 3.05) is 13.2 Å². The number of rotatable bonds is 6. The molecule has 104 valence electrons. The molecule has 2 aromatic rings. The zero-order valence-electron chi connectivity index (χ0n) is 10.9. The van der Waals surface area contributed by atoms with E-state index in [0.29, 0.717) is 24.4 Å². The number of phenolic OH excluding ortho intramolecular Hbond substituents is 1. The van der Waals surface area contributed by atoms with Crippen molar-refractivity contribution in [1.29, 1.82) is 0 Å². The van der Waals surface area contributed by atoms with Gasteiger partial charge in [0.05, 0.1) is 18.0 Å². The number of aromatic hydroxyl groups is 1. The van der Waals surface area contributed by atoms with E-state index in [-0.39, 0.29) is 12.4 Å². The second-order valence-electron chi connectivity index (χ2n) is 4.14. The van der Waals surface area contributed by atoms with E-state index >= 15 is 0 Å². The molecule has 0 saturated heterocycles. The number of hydrogen-bond donors (Lipinski definition) is 2. The van der Waals surface area contributed by atoms with Crippen LogP contribution in [0.3, 0.4) is 0 Å². The minimum Gasteiger partial charge on any atom is -0.508 e. The Labute approximate surface area is 117 Å². The van der Waals surface area contributed by atoms with Crippen LogP contribution in [0.4, 0.5) is 11.4 Å². The summed E-state index contributed by atoms with van der Waals surface area (Å²) in [5.41, 5.74) is 1.39. The van der Waals surface area contributed by atoms with Gasteiger partial charge in [-0.3, -0.25) is 0 Å². The molecule has 5 heteroatoms. The molecule has 0 amide bonds. The van der Waals surface area contributed by atoms with Gasteiger partial charge < -0.3 is 14.9 Å². The molecule has 0 fully saturated rings. The van der Waals surface area contributed by atoms with Crippen molar-refractivity contribution in [3.63, 3.8) is 0 Å². The first-order valence-corrected chi connectivity index (χ1v) is 6.32. The van der Waals surface area contributed by atoms with Crippen molar-refractivity contribution < 1.29 is 14.9 Å². The maximum atomic E-state index is 9.16. The third-order valence-corrected chi connectivity index (χ3v) is 2.54. The standard InChI is InChI=1S/C15H16N2O3/c18-10-1-11-20-15-8-4-13(5-9-15)17-16-12-2-6-14(19)7-3-12/h2-9,18-19H,1,10-11H2/b17-16+. The van der Waals surface area contributed by atoms with E-state index in [1.165, 1.54) is 0 Å². The summed E-state index contributed by atoms with van der Waals surface area (Å²) >= 11 is 0. The Balaban J connectivity index is 1.94. The first-order chi connectivity index (χ1) is 9.78. The van der Waals surface area contributed by atoms with Gasteiger partial charge in [0.1, 0.15) is 11.5 Å². The van der Waals surface area contributed by atoms with Gasteiger partial charge in [-0.25, -0.2) is 0 Å². The minimum absolute atomic E-state index is 0.124. The Hall–Kier alpha value is -2.40.